The molecule has 0 bridgehead atoms. The van der Waals surface area contributed by atoms with Crippen LogP contribution < -0.4 is 5.56 Å². The molecule has 0 aliphatic carbocycles. The van der Waals surface area contributed by atoms with E-state index in [9.17, 15) is 9.90 Å². The highest BCUT2D eigenvalue weighted by atomic mass is 16.3. The number of H-pyrrole nitrogens is 1. The highest BCUT2D eigenvalue weighted by Gasteiger charge is 2.12. The molecule has 0 amide bonds. The molecule has 1 aromatic carbocycles. The van der Waals surface area contributed by atoms with Crippen molar-refractivity contribution in [2.24, 2.45) is 0 Å². The van der Waals surface area contributed by atoms with Crippen LogP contribution in [0.3, 0.4) is 0 Å². The van der Waals surface area contributed by atoms with Gasteiger partial charge in [0.2, 0.25) is 0 Å². The number of hydrogen-bond donors (Lipinski definition) is 2. The van der Waals surface area contributed by atoms with Crippen LogP contribution in [0.25, 0.3) is 16.7 Å². The van der Waals surface area contributed by atoms with E-state index in [2.05, 4.69) is 9.97 Å². The molecule has 0 fully saturated rings. The minimum atomic E-state index is -0.204. The molecule has 0 saturated carbocycles. The van der Waals surface area contributed by atoms with Gasteiger partial charge in [-0.15, -0.1) is 0 Å². The number of nitrogens with one attached hydrogen (secondary N) is 1. The van der Waals surface area contributed by atoms with Gasteiger partial charge in [0.1, 0.15) is 0 Å². The van der Waals surface area contributed by atoms with E-state index in [1.807, 2.05) is 30.3 Å². The summed E-state index contributed by atoms with van der Waals surface area (Å²) in [6, 6.07) is 11.2. The zero-order valence-corrected chi connectivity index (χ0v) is 9.50. The molecule has 0 atom stereocenters. The van der Waals surface area contributed by atoms with Crippen molar-refractivity contribution in [1.82, 2.24) is 14.5 Å². The van der Waals surface area contributed by atoms with E-state index in [1.165, 1.54) is 6.33 Å². The van der Waals surface area contributed by atoms with Crippen molar-refractivity contribution in [3.63, 3.8) is 0 Å². The van der Waals surface area contributed by atoms with Crippen LogP contribution in [0.4, 0.5) is 0 Å². The quantitative estimate of drug-likeness (QED) is 0.708. The third-order valence-corrected chi connectivity index (χ3v) is 2.85. The van der Waals surface area contributed by atoms with Crippen LogP contribution in [0.15, 0.2) is 47.5 Å². The van der Waals surface area contributed by atoms with Gasteiger partial charge in [-0.25, -0.2) is 4.98 Å². The van der Waals surface area contributed by atoms with E-state index < -0.39 is 0 Å². The van der Waals surface area contributed by atoms with Crippen molar-refractivity contribution in [2.75, 3.05) is 0 Å². The maximum atomic E-state index is 11.7. The van der Waals surface area contributed by atoms with Crippen LogP contribution in [-0.2, 0) is 6.61 Å². The average Bonchev–Trinajstić information content (AvgIpc) is 2.80. The van der Waals surface area contributed by atoms with Gasteiger partial charge in [-0.2, -0.15) is 0 Å². The van der Waals surface area contributed by atoms with Crippen molar-refractivity contribution < 1.29 is 5.11 Å². The van der Waals surface area contributed by atoms with E-state index in [-0.39, 0.29) is 12.2 Å². The van der Waals surface area contributed by atoms with Gasteiger partial charge in [0.05, 0.1) is 24.0 Å². The van der Waals surface area contributed by atoms with E-state index in [1.54, 1.807) is 10.6 Å². The summed E-state index contributed by atoms with van der Waals surface area (Å²) in [5.41, 5.74) is 1.86. The highest BCUT2D eigenvalue weighted by molar-refractivity contribution is 5.78. The van der Waals surface area contributed by atoms with E-state index in [0.29, 0.717) is 16.7 Å². The van der Waals surface area contributed by atoms with Crippen molar-refractivity contribution in [3.8, 4) is 5.69 Å². The van der Waals surface area contributed by atoms with Gasteiger partial charge >= 0.3 is 0 Å². The predicted molar refractivity (Wildman–Crippen MR) is 67.6 cm³/mol. The number of benzene rings is 1. The molecule has 0 aliphatic heterocycles. The number of aliphatic hydroxyl groups excluding tert-OH is 1. The number of aromatic amines is 1. The van der Waals surface area contributed by atoms with Gasteiger partial charge in [0, 0.05) is 5.69 Å². The standard InChI is InChI=1S/C13H11N3O2/c17-7-10-6-11-12(14-8-15-13(11)18)16(10)9-4-2-1-3-5-9/h1-6,8,17H,7H2,(H,14,15,18). The molecule has 5 nitrogen and oxygen atoms in total. The lowest BCUT2D eigenvalue weighted by Gasteiger charge is -2.07. The minimum absolute atomic E-state index is 0.148. The zero-order chi connectivity index (χ0) is 12.5. The Morgan fingerprint density at radius 3 is 2.78 bits per heavy atom. The smallest absolute Gasteiger partial charge is 0.260 e. The maximum Gasteiger partial charge on any atom is 0.260 e. The van der Waals surface area contributed by atoms with Crippen molar-refractivity contribution in [3.05, 3.63) is 58.8 Å². The average molecular weight is 241 g/mol. The fourth-order valence-electron chi connectivity index (χ4n) is 2.06. The molecule has 18 heavy (non-hydrogen) atoms. The minimum Gasteiger partial charge on any atom is -0.390 e. The second kappa shape index (κ2) is 4.12. The molecule has 5 heteroatoms. The number of hydrogen-bond acceptors (Lipinski definition) is 3. The first kappa shape index (κ1) is 10.7. The fourth-order valence-corrected chi connectivity index (χ4v) is 2.06. The summed E-state index contributed by atoms with van der Waals surface area (Å²) in [5.74, 6) is 0. The number of para-hydroxylation sites is 1. The van der Waals surface area contributed by atoms with E-state index in [4.69, 9.17) is 0 Å². The SMILES string of the molecule is O=c1[nH]cnc2c1cc(CO)n2-c1ccccc1. The second-order valence-electron chi connectivity index (χ2n) is 3.93. The normalized spacial score (nSPS) is 10.9. The Kier molecular flexibility index (Phi) is 2.46. The number of rotatable bonds is 2. The van der Waals surface area contributed by atoms with Gasteiger partial charge in [-0.05, 0) is 18.2 Å². The maximum absolute atomic E-state index is 11.7. The molecule has 90 valence electrons. The van der Waals surface area contributed by atoms with Crippen LogP contribution in [0.2, 0.25) is 0 Å². The molecule has 2 aromatic heterocycles. The number of nitrogens with zero attached hydrogens (tertiary/aromatic N) is 2. The van der Waals surface area contributed by atoms with Crippen LogP contribution in [0.1, 0.15) is 5.69 Å². The molecular formula is C13H11N3O2. The summed E-state index contributed by atoms with van der Waals surface area (Å²) in [6.07, 6.45) is 1.37. The highest BCUT2D eigenvalue weighted by Crippen LogP contribution is 2.20. The number of aliphatic hydroxyl groups is 1. The molecule has 3 rings (SSSR count). The summed E-state index contributed by atoms with van der Waals surface area (Å²) < 4.78 is 1.78. The summed E-state index contributed by atoms with van der Waals surface area (Å²) in [7, 11) is 0. The first-order chi connectivity index (χ1) is 8.81. The second-order valence-corrected chi connectivity index (χ2v) is 3.93. The van der Waals surface area contributed by atoms with Crippen LogP contribution in [0, 0.1) is 0 Å². The van der Waals surface area contributed by atoms with Crippen LogP contribution in [-0.4, -0.2) is 19.6 Å². The Balaban J connectivity index is 2.41. The first-order valence-corrected chi connectivity index (χ1v) is 5.55. The summed E-state index contributed by atoms with van der Waals surface area (Å²) >= 11 is 0. The molecule has 0 spiro atoms. The van der Waals surface area contributed by atoms with Crippen LogP contribution >= 0.6 is 0 Å². The van der Waals surface area contributed by atoms with E-state index >= 15 is 0 Å². The molecule has 2 heterocycles. The van der Waals surface area contributed by atoms with Crippen LogP contribution in [0.5, 0.6) is 0 Å². The molecule has 0 aliphatic rings. The Bertz CT molecular complexity index is 744. The summed E-state index contributed by atoms with van der Waals surface area (Å²) in [5, 5.41) is 9.89. The Morgan fingerprint density at radius 1 is 1.28 bits per heavy atom. The van der Waals surface area contributed by atoms with Gasteiger partial charge in [-0.1, -0.05) is 18.2 Å². The van der Waals surface area contributed by atoms with E-state index in [0.717, 1.165) is 5.69 Å². The third-order valence-electron chi connectivity index (χ3n) is 2.85. The Morgan fingerprint density at radius 2 is 2.06 bits per heavy atom. The molecule has 3 aromatic rings. The molecule has 0 radical (unpaired) electrons. The van der Waals surface area contributed by atoms with Crippen molar-refractivity contribution in [2.45, 2.75) is 6.61 Å². The van der Waals surface area contributed by atoms with Crippen molar-refractivity contribution >= 4 is 11.0 Å². The molecular weight excluding hydrogens is 230 g/mol. The monoisotopic (exact) mass is 241 g/mol. The van der Waals surface area contributed by atoms with Gasteiger partial charge in [0.15, 0.2) is 5.65 Å². The fraction of sp³-hybridized carbons (Fsp3) is 0.0769. The lowest BCUT2D eigenvalue weighted by molar-refractivity contribution is 0.275. The van der Waals surface area contributed by atoms with Gasteiger partial charge < -0.3 is 10.1 Å². The topological polar surface area (TPSA) is 70.9 Å². The number of aromatic nitrogens is 3. The lowest BCUT2D eigenvalue weighted by atomic mass is 10.3. The Hall–Kier alpha value is -2.40. The summed E-state index contributed by atoms with van der Waals surface area (Å²) in [4.78, 5) is 18.4. The molecule has 0 saturated heterocycles. The number of fused-ring (bicyclic) bond motifs is 1. The summed E-state index contributed by atoms with van der Waals surface area (Å²) in [6.45, 7) is -0.148. The zero-order valence-electron chi connectivity index (χ0n) is 9.50. The Labute approximate surface area is 102 Å². The molecule has 0 unspecified atom stereocenters. The largest absolute Gasteiger partial charge is 0.390 e. The van der Waals surface area contributed by atoms with Crippen molar-refractivity contribution in [1.29, 1.82) is 0 Å². The third kappa shape index (κ3) is 1.53. The first-order valence-electron chi connectivity index (χ1n) is 5.55. The molecule has 2 N–H and O–H groups in total. The predicted octanol–water partition coefficient (Wildman–Crippen LogP) is 1.21. The van der Waals surface area contributed by atoms with Gasteiger partial charge in [-0.3, -0.25) is 9.36 Å². The van der Waals surface area contributed by atoms with Gasteiger partial charge in [0.25, 0.3) is 5.56 Å². The lowest BCUT2D eigenvalue weighted by Crippen LogP contribution is -2.06.